The second kappa shape index (κ2) is 9.33. The van der Waals surface area contributed by atoms with Gasteiger partial charge in [0.1, 0.15) is 17.2 Å². The molecule has 3 nitrogen and oxygen atoms in total. The fourth-order valence-electron chi connectivity index (χ4n) is 3.79. The van der Waals surface area contributed by atoms with Crippen LogP contribution >= 0.6 is 0 Å². The fraction of sp³-hybridized carbons (Fsp3) is 0.231. The molecule has 0 amide bonds. The molecule has 3 heteroatoms. The van der Waals surface area contributed by atoms with E-state index in [2.05, 4.69) is 13.0 Å². The Balaban J connectivity index is 1.87. The van der Waals surface area contributed by atoms with Crippen LogP contribution in [0.4, 0.5) is 0 Å². The number of allylic oxidation sites excluding steroid dienone is 2. The van der Waals surface area contributed by atoms with E-state index in [0.717, 1.165) is 18.4 Å². The van der Waals surface area contributed by atoms with Crippen molar-refractivity contribution in [2.24, 2.45) is 0 Å². The Morgan fingerprint density at radius 3 is 1.66 bits per heavy atom. The van der Waals surface area contributed by atoms with Gasteiger partial charge in [-0.05, 0) is 90.3 Å². The van der Waals surface area contributed by atoms with Gasteiger partial charge in [0.25, 0.3) is 0 Å². The number of hydrogen-bond donors (Lipinski definition) is 3. The van der Waals surface area contributed by atoms with E-state index in [4.69, 9.17) is 0 Å². The van der Waals surface area contributed by atoms with E-state index in [1.165, 1.54) is 16.7 Å². The van der Waals surface area contributed by atoms with Gasteiger partial charge < -0.3 is 15.3 Å². The van der Waals surface area contributed by atoms with Crippen molar-refractivity contribution < 1.29 is 15.3 Å². The summed E-state index contributed by atoms with van der Waals surface area (Å²) in [5.41, 5.74) is 4.71. The van der Waals surface area contributed by atoms with E-state index in [1.807, 2.05) is 43.3 Å². The molecule has 0 saturated carbocycles. The molecular formula is C26H28O3. The summed E-state index contributed by atoms with van der Waals surface area (Å²) in [6, 6.07) is 22.2. The first-order valence-corrected chi connectivity index (χ1v) is 9.98. The molecule has 0 spiro atoms. The number of hydrogen-bond acceptors (Lipinski definition) is 3. The quantitative estimate of drug-likeness (QED) is 0.429. The molecule has 0 aliphatic rings. The lowest BCUT2D eigenvalue weighted by molar-refractivity contribution is 0.474. The third-order valence-corrected chi connectivity index (χ3v) is 5.52. The van der Waals surface area contributed by atoms with E-state index in [1.54, 1.807) is 36.4 Å². The summed E-state index contributed by atoms with van der Waals surface area (Å²) in [7, 11) is 0. The Bertz CT molecular complexity index is 939. The van der Waals surface area contributed by atoms with Crippen LogP contribution in [0, 0.1) is 0 Å². The van der Waals surface area contributed by atoms with Crippen LogP contribution in [0.3, 0.4) is 0 Å². The van der Waals surface area contributed by atoms with Crippen LogP contribution in [0.15, 0.2) is 78.9 Å². The minimum absolute atomic E-state index is 0.263. The molecule has 0 aromatic heterocycles. The van der Waals surface area contributed by atoms with E-state index in [-0.39, 0.29) is 23.2 Å². The van der Waals surface area contributed by atoms with Gasteiger partial charge >= 0.3 is 0 Å². The van der Waals surface area contributed by atoms with Gasteiger partial charge in [0.15, 0.2) is 0 Å². The van der Waals surface area contributed by atoms with Crippen molar-refractivity contribution in [2.45, 2.75) is 38.5 Å². The molecular weight excluding hydrogens is 360 g/mol. The monoisotopic (exact) mass is 388 g/mol. The summed E-state index contributed by atoms with van der Waals surface area (Å²) >= 11 is 0. The molecule has 29 heavy (non-hydrogen) atoms. The van der Waals surface area contributed by atoms with Crippen LogP contribution in [-0.2, 0) is 0 Å². The highest BCUT2D eigenvalue weighted by molar-refractivity contribution is 5.66. The van der Waals surface area contributed by atoms with Gasteiger partial charge in [0.05, 0.1) is 0 Å². The van der Waals surface area contributed by atoms with Crippen LogP contribution < -0.4 is 0 Å². The zero-order valence-corrected chi connectivity index (χ0v) is 16.9. The Labute approximate surface area is 172 Å². The van der Waals surface area contributed by atoms with Gasteiger partial charge in [-0.25, -0.2) is 0 Å². The lowest BCUT2D eigenvalue weighted by Gasteiger charge is -2.24. The largest absolute Gasteiger partial charge is 0.508 e. The van der Waals surface area contributed by atoms with E-state index in [0.29, 0.717) is 5.92 Å². The lowest BCUT2D eigenvalue weighted by atomic mass is 9.81. The molecule has 0 radical (unpaired) electrons. The first-order chi connectivity index (χ1) is 14.0. The van der Waals surface area contributed by atoms with Crippen LogP contribution in [0.1, 0.15) is 55.2 Å². The molecule has 2 atom stereocenters. The third kappa shape index (κ3) is 5.41. The van der Waals surface area contributed by atoms with E-state index < -0.39 is 0 Å². The smallest absolute Gasteiger partial charge is 0.115 e. The molecule has 2 unspecified atom stereocenters. The lowest BCUT2D eigenvalue weighted by Crippen LogP contribution is -2.06. The van der Waals surface area contributed by atoms with Gasteiger partial charge in [0, 0.05) is 0 Å². The van der Waals surface area contributed by atoms with Crippen molar-refractivity contribution in [1.29, 1.82) is 0 Å². The Morgan fingerprint density at radius 1 is 0.724 bits per heavy atom. The van der Waals surface area contributed by atoms with Gasteiger partial charge in [0.2, 0.25) is 0 Å². The van der Waals surface area contributed by atoms with Crippen molar-refractivity contribution in [3.05, 3.63) is 95.6 Å². The van der Waals surface area contributed by atoms with Crippen LogP contribution in [0.2, 0.25) is 0 Å². The number of phenols is 3. The third-order valence-electron chi connectivity index (χ3n) is 5.52. The maximum Gasteiger partial charge on any atom is 0.115 e. The molecule has 0 heterocycles. The first kappa shape index (κ1) is 20.5. The Kier molecular flexibility index (Phi) is 6.61. The Hall–Kier alpha value is -3.20. The number of rotatable bonds is 7. The van der Waals surface area contributed by atoms with E-state index >= 15 is 0 Å². The molecule has 3 N–H and O–H groups in total. The summed E-state index contributed by atoms with van der Waals surface area (Å²) in [5, 5.41) is 28.9. The topological polar surface area (TPSA) is 60.7 Å². The molecule has 3 rings (SSSR count). The van der Waals surface area contributed by atoms with Gasteiger partial charge in [-0.3, -0.25) is 0 Å². The summed E-state index contributed by atoms with van der Waals surface area (Å²) in [6.07, 6.45) is 3.92. The fourth-order valence-corrected chi connectivity index (χ4v) is 3.79. The highest BCUT2D eigenvalue weighted by Crippen LogP contribution is 2.37. The van der Waals surface area contributed by atoms with Gasteiger partial charge in [-0.1, -0.05) is 49.4 Å². The molecule has 3 aromatic carbocycles. The summed E-state index contributed by atoms with van der Waals surface area (Å²) < 4.78 is 0. The molecule has 0 aliphatic carbocycles. The molecule has 0 bridgehead atoms. The predicted octanol–water partition coefficient (Wildman–Crippen LogP) is 6.57. The number of aromatic hydroxyl groups is 3. The average molecular weight is 389 g/mol. The van der Waals surface area contributed by atoms with Crippen molar-refractivity contribution in [1.82, 2.24) is 0 Å². The number of benzene rings is 3. The first-order valence-electron chi connectivity index (χ1n) is 9.98. The normalized spacial score (nSPS) is 13.8. The Morgan fingerprint density at radius 2 is 1.17 bits per heavy atom. The van der Waals surface area contributed by atoms with Crippen molar-refractivity contribution in [2.75, 3.05) is 0 Å². The minimum atomic E-state index is 0.263. The highest BCUT2D eigenvalue weighted by atomic mass is 16.3. The van der Waals surface area contributed by atoms with Crippen molar-refractivity contribution in [3.8, 4) is 17.2 Å². The maximum atomic E-state index is 9.70. The van der Waals surface area contributed by atoms with Crippen LogP contribution in [0.25, 0.3) is 5.57 Å². The second-order valence-corrected chi connectivity index (χ2v) is 7.58. The number of phenolic OH excluding ortho intramolecular Hbond substituents is 3. The second-order valence-electron chi connectivity index (χ2n) is 7.58. The van der Waals surface area contributed by atoms with Crippen LogP contribution in [0.5, 0.6) is 17.2 Å². The summed E-state index contributed by atoms with van der Waals surface area (Å²) in [6.45, 7) is 4.25. The molecule has 0 saturated heterocycles. The highest BCUT2D eigenvalue weighted by Gasteiger charge is 2.19. The molecule has 0 fully saturated rings. The summed E-state index contributed by atoms with van der Waals surface area (Å²) in [4.78, 5) is 0. The molecule has 150 valence electrons. The van der Waals surface area contributed by atoms with Gasteiger partial charge in [-0.2, -0.15) is 0 Å². The average Bonchev–Trinajstić information content (AvgIpc) is 2.73. The maximum absolute atomic E-state index is 9.70. The molecule has 3 aromatic rings. The predicted molar refractivity (Wildman–Crippen MR) is 118 cm³/mol. The van der Waals surface area contributed by atoms with Gasteiger partial charge in [-0.15, -0.1) is 0 Å². The zero-order chi connectivity index (χ0) is 20.8. The zero-order valence-electron chi connectivity index (χ0n) is 16.9. The molecule has 0 aliphatic heterocycles. The van der Waals surface area contributed by atoms with Crippen molar-refractivity contribution in [3.63, 3.8) is 0 Å². The summed E-state index contributed by atoms with van der Waals surface area (Å²) in [5.74, 6) is 1.38. The van der Waals surface area contributed by atoms with Crippen LogP contribution in [-0.4, -0.2) is 15.3 Å². The standard InChI is InChI=1S/C26H28O3/c1-3-19(21-6-12-25(28)13-7-21)17-23(22-8-14-26(29)15-9-22)16-18(2)20-4-10-24(27)11-5-20/h3-15,18,23,27-29H,16-17H2,1-2H3. The van der Waals surface area contributed by atoms with Crippen molar-refractivity contribution >= 4 is 5.57 Å². The minimum Gasteiger partial charge on any atom is -0.508 e. The van der Waals surface area contributed by atoms with E-state index in [9.17, 15) is 15.3 Å². The SMILES string of the molecule is CC=C(CC(CC(C)c1ccc(O)cc1)c1ccc(O)cc1)c1ccc(O)cc1.